The van der Waals surface area contributed by atoms with E-state index in [0.29, 0.717) is 28.6 Å². The quantitative estimate of drug-likeness (QED) is 0.0636. The van der Waals surface area contributed by atoms with E-state index < -0.39 is 17.9 Å². The van der Waals surface area contributed by atoms with Crippen molar-refractivity contribution < 1.29 is 57.0 Å². The van der Waals surface area contributed by atoms with Crippen LogP contribution in [0.5, 0.6) is 51.7 Å². The number of carbonyl (C=O) groups excluding carboxylic acids is 3. The van der Waals surface area contributed by atoms with Gasteiger partial charge in [-0.1, -0.05) is 42.5 Å². The van der Waals surface area contributed by atoms with Crippen molar-refractivity contribution >= 4 is 30.1 Å². The number of methoxy groups -OCH3 is 6. The summed E-state index contributed by atoms with van der Waals surface area (Å²) in [4.78, 5) is 39.7. The van der Waals surface area contributed by atoms with Crippen molar-refractivity contribution in [1.29, 1.82) is 0 Å². The maximum atomic E-state index is 13.4. The predicted octanol–water partition coefficient (Wildman–Crippen LogP) is 7.57. The van der Waals surface area contributed by atoms with Crippen LogP contribution in [0.4, 0.5) is 0 Å². The van der Waals surface area contributed by atoms with E-state index in [1.165, 1.54) is 60.9 Å². The Morgan fingerprint density at radius 1 is 0.396 bits per heavy atom. The van der Waals surface area contributed by atoms with Crippen molar-refractivity contribution in [2.75, 3.05) is 42.7 Å². The van der Waals surface area contributed by atoms with Crippen LogP contribution < -0.4 is 42.6 Å². The van der Waals surface area contributed by atoms with Gasteiger partial charge in [-0.25, -0.2) is 14.4 Å². The first kappa shape index (κ1) is 37.3. The SMILES string of the molecule is COc1cccc(C(=O)Oc2ccc(/C=C/c3cc(OC(=O)c4cccc(OC)c4OC)cc(OC(=O)c4cccc(OC)c4OC)c3)cc2)c1OC. The van der Waals surface area contributed by atoms with Gasteiger partial charge in [0.05, 0.1) is 42.7 Å². The fourth-order valence-electron chi connectivity index (χ4n) is 5.28. The van der Waals surface area contributed by atoms with Gasteiger partial charge in [-0.2, -0.15) is 0 Å². The lowest BCUT2D eigenvalue weighted by atomic mass is 10.1. The Hall–Kier alpha value is -6.95. The molecule has 0 saturated heterocycles. The van der Waals surface area contributed by atoms with Gasteiger partial charge in [0.15, 0.2) is 34.5 Å². The summed E-state index contributed by atoms with van der Waals surface area (Å²) in [6, 6.07) is 26.0. The summed E-state index contributed by atoms with van der Waals surface area (Å²) >= 11 is 0. The first-order valence-corrected chi connectivity index (χ1v) is 16.0. The van der Waals surface area contributed by atoms with E-state index in [0.717, 1.165) is 5.56 Å². The summed E-state index contributed by atoms with van der Waals surface area (Å²) in [5, 5.41) is 0. The molecule has 0 radical (unpaired) electrons. The average molecular weight is 721 g/mol. The highest BCUT2D eigenvalue weighted by atomic mass is 16.6. The molecule has 5 aromatic rings. The van der Waals surface area contributed by atoms with Gasteiger partial charge in [0.2, 0.25) is 0 Å². The number of para-hydroxylation sites is 3. The maximum absolute atomic E-state index is 13.4. The fraction of sp³-hybridized carbons (Fsp3) is 0.146. The Kier molecular flexibility index (Phi) is 12.2. The van der Waals surface area contributed by atoms with Crippen molar-refractivity contribution in [1.82, 2.24) is 0 Å². The average Bonchev–Trinajstić information content (AvgIpc) is 3.19. The molecule has 0 aliphatic rings. The Morgan fingerprint density at radius 3 is 1.11 bits per heavy atom. The molecule has 0 atom stereocenters. The van der Waals surface area contributed by atoms with E-state index in [1.54, 1.807) is 91.0 Å². The van der Waals surface area contributed by atoms with Crippen LogP contribution in [0.3, 0.4) is 0 Å². The molecule has 0 aliphatic heterocycles. The van der Waals surface area contributed by atoms with Crippen molar-refractivity contribution in [2.24, 2.45) is 0 Å². The number of rotatable bonds is 14. The van der Waals surface area contributed by atoms with Gasteiger partial charge >= 0.3 is 17.9 Å². The summed E-state index contributed by atoms with van der Waals surface area (Å²) in [7, 11) is 8.67. The molecule has 0 amide bonds. The van der Waals surface area contributed by atoms with Crippen LogP contribution in [0.1, 0.15) is 42.2 Å². The first-order chi connectivity index (χ1) is 25.7. The summed E-state index contributed by atoms with van der Waals surface area (Å²) < 4.78 is 49.2. The zero-order valence-electron chi connectivity index (χ0n) is 29.8. The molecule has 0 unspecified atom stereocenters. The lowest BCUT2D eigenvalue weighted by Gasteiger charge is -2.14. The van der Waals surface area contributed by atoms with E-state index in [4.69, 9.17) is 42.6 Å². The number of hydrogen-bond donors (Lipinski definition) is 0. The van der Waals surface area contributed by atoms with Gasteiger partial charge in [0.1, 0.15) is 33.9 Å². The normalized spacial score (nSPS) is 10.6. The molecular weight excluding hydrogens is 684 g/mol. The van der Waals surface area contributed by atoms with Crippen LogP contribution in [0.2, 0.25) is 0 Å². The van der Waals surface area contributed by atoms with E-state index in [-0.39, 0.29) is 45.4 Å². The molecule has 5 aromatic carbocycles. The maximum Gasteiger partial charge on any atom is 0.347 e. The van der Waals surface area contributed by atoms with E-state index in [9.17, 15) is 14.4 Å². The fourth-order valence-corrected chi connectivity index (χ4v) is 5.28. The highest BCUT2D eigenvalue weighted by Gasteiger charge is 2.22. The Morgan fingerprint density at radius 2 is 0.755 bits per heavy atom. The molecule has 0 heterocycles. The minimum absolute atomic E-state index is 0.0812. The molecule has 0 spiro atoms. The largest absolute Gasteiger partial charge is 0.493 e. The molecule has 0 aromatic heterocycles. The van der Waals surface area contributed by atoms with Gasteiger partial charge in [-0.05, 0) is 71.8 Å². The highest BCUT2D eigenvalue weighted by Crippen LogP contribution is 2.35. The molecule has 0 fully saturated rings. The second-order valence-electron chi connectivity index (χ2n) is 10.9. The first-order valence-electron chi connectivity index (χ1n) is 16.0. The third-order valence-electron chi connectivity index (χ3n) is 7.75. The van der Waals surface area contributed by atoms with Gasteiger partial charge in [-0.15, -0.1) is 0 Å². The van der Waals surface area contributed by atoms with Crippen LogP contribution in [0.25, 0.3) is 12.2 Å². The number of ether oxygens (including phenoxy) is 9. The number of esters is 3. The summed E-state index contributed by atoms with van der Waals surface area (Å²) in [6.07, 6.45) is 3.51. The third kappa shape index (κ3) is 8.68. The second-order valence-corrected chi connectivity index (χ2v) is 10.9. The summed E-state index contributed by atoms with van der Waals surface area (Å²) in [5.41, 5.74) is 1.72. The van der Waals surface area contributed by atoms with E-state index in [2.05, 4.69) is 0 Å². The molecule has 12 heteroatoms. The van der Waals surface area contributed by atoms with Crippen molar-refractivity contribution in [3.63, 3.8) is 0 Å². The third-order valence-corrected chi connectivity index (χ3v) is 7.75. The Bertz CT molecular complexity index is 2050. The monoisotopic (exact) mass is 720 g/mol. The molecule has 0 bridgehead atoms. The van der Waals surface area contributed by atoms with E-state index in [1.807, 2.05) is 0 Å². The molecule has 12 nitrogen and oxygen atoms in total. The second kappa shape index (κ2) is 17.3. The van der Waals surface area contributed by atoms with Crippen LogP contribution in [-0.4, -0.2) is 60.6 Å². The zero-order chi connectivity index (χ0) is 37.9. The lowest BCUT2D eigenvalue weighted by Crippen LogP contribution is -2.12. The predicted molar refractivity (Wildman–Crippen MR) is 195 cm³/mol. The number of carbonyl (C=O) groups is 3. The molecule has 0 N–H and O–H groups in total. The molecule has 272 valence electrons. The Labute approximate surface area is 305 Å². The van der Waals surface area contributed by atoms with Gasteiger partial charge < -0.3 is 42.6 Å². The molecule has 53 heavy (non-hydrogen) atoms. The topological polar surface area (TPSA) is 134 Å². The van der Waals surface area contributed by atoms with Crippen LogP contribution in [0, 0.1) is 0 Å². The molecule has 0 saturated carbocycles. The summed E-state index contributed by atoms with van der Waals surface area (Å²) in [5.74, 6) is 0.154. The highest BCUT2D eigenvalue weighted by molar-refractivity contribution is 5.97. The van der Waals surface area contributed by atoms with Crippen molar-refractivity contribution in [3.8, 4) is 51.7 Å². The van der Waals surface area contributed by atoms with Crippen LogP contribution >= 0.6 is 0 Å². The van der Waals surface area contributed by atoms with Gasteiger partial charge in [-0.3, -0.25) is 0 Å². The molecule has 0 aliphatic carbocycles. The minimum atomic E-state index is -0.731. The Balaban J connectivity index is 1.42. The van der Waals surface area contributed by atoms with Gasteiger partial charge in [0.25, 0.3) is 0 Å². The number of hydrogen-bond acceptors (Lipinski definition) is 12. The van der Waals surface area contributed by atoms with Crippen molar-refractivity contribution in [3.05, 3.63) is 125 Å². The molecule has 5 rings (SSSR count). The van der Waals surface area contributed by atoms with E-state index >= 15 is 0 Å². The van der Waals surface area contributed by atoms with Crippen LogP contribution in [0.15, 0.2) is 97.1 Å². The standard InChI is InChI=1S/C41H36O12/c1-45-33-13-7-10-30(36(33)48-4)39(42)51-27-20-18-25(19-21-27)16-17-26-22-28(52-40(43)31-11-8-14-34(46-2)37(31)49-5)24-29(23-26)53-41(44)32-12-9-15-35(47-3)38(32)50-6/h7-24H,1-6H3/b17-16+. The van der Waals surface area contributed by atoms with Crippen molar-refractivity contribution in [2.45, 2.75) is 0 Å². The molecular formula is C41H36O12. The number of benzene rings is 5. The lowest BCUT2D eigenvalue weighted by molar-refractivity contribution is 0.0715. The minimum Gasteiger partial charge on any atom is -0.493 e. The summed E-state index contributed by atoms with van der Waals surface area (Å²) in [6.45, 7) is 0. The smallest absolute Gasteiger partial charge is 0.347 e. The van der Waals surface area contributed by atoms with Gasteiger partial charge in [0, 0.05) is 6.07 Å². The zero-order valence-corrected chi connectivity index (χ0v) is 29.8. The van der Waals surface area contributed by atoms with Crippen LogP contribution in [-0.2, 0) is 0 Å².